The van der Waals surface area contributed by atoms with E-state index in [1.54, 1.807) is 28.6 Å². The highest BCUT2D eigenvalue weighted by Crippen LogP contribution is 2.32. The lowest BCUT2D eigenvalue weighted by atomic mass is 10.0. The van der Waals surface area contributed by atoms with Crippen LogP contribution in [0.2, 0.25) is 5.02 Å². The van der Waals surface area contributed by atoms with E-state index in [1.807, 2.05) is 68.4 Å². The fourth-order valence-corrected chi connectivity index (χ4v) is 5.06. The van der Waals surface area contributed by atoms with Gasteiger partial charge in [0.05, 0.1) is 10.9 Å². The monoisotopic (exact) mass is 413 g/mol. The van der Waals surface area contributed by atoms with Gasteiger partial charge < -0.3 is 0 Å². The fourth-order valence-electron chi connectivity index (χ4n) is 3.26. The van der Waals surface area contributed by atoms with Crippen molar-refractivity contribution >= 4 is 21.6 Å². The van der Waals surface area contributed by atoms with Gasteiger partial charge >= 0.3 is 0 Å². The number of aryl methyl sites for hydroxylation is 1. The molecule has 0 amide bonds. The molecule has 0 aliphatic heterocycles. The smallest absolute Gasteiger partial charge is 0.207 e. The van der Waals surface area contributed by atoms with Crippen LogP contribution in [0.4, 0.5) is 0 Å². The van der Waals surface area contributed by atoms with Gasteiger partial charge in [-0.05, 0) is 48.7 Å². The molecule has 0 aromatic heterocycles. The third-order valence-corrected chi connectivity index (χ3v) is 6.92. The molecule has 3 aromatic carbocycles. The Labute approximate surface area is 172 Å². The minimum atomic E-state index is -3.71. The summed E-state index contributed by atoms with van der Waals surface area (Å²) in [4.78, 5) is 0.249. The third kappa shape index (κ3) is 4.64. The molecule has 3 aromatic rings. The fraction of sp³-hybridized carbons (Fsp3) is 0.217. The van der Waals surface area contributed by atoms with Gasteiger partial charge in [-0.2, -0.15) is 4.31 Å². The van der Waals surface area contributed by atoms with Gasteiger partial charge in [0.1, 0.15) is 0 Å². The molecule has 0 bridgehead atoms. The number of rotatable bonds is 7. The first kappa shape index (κ1) is 20.6. The topological polar surface area (TPSA) is 37.4 Å². The molecule has 0 aliphatic carbocycles. The van der Waals surface area contributed by atoms with Gasteiger partial charge in [0.25, 0.3) is 0 Å². The number of benzene rings is 3. The summed E-state index contributed by atoms with van der Waals surface area (Å²) in [6.45, 7) is 4.33. The van der Waals surface area contributed by atoms with E-state index in [9.17, 15) is 8.42 Å². The van der Waals surface area contributed by atoms with Gasteiger partial charge in [-0.3, -0.25) is 0 Å². The van der Waals surface area contributed by atoms with Crippen LogP contribution in [0.1, 0.15) is 36.1 Å². The molecule has 0 heterocycles. The normalized spacial score (nSPS) is 12.9. The van der Waals surface area contributed by atoms with E-state index in [0.717, 1.165) is 16.7 Å². The maximum atomic E-state index is 13.6. The molecule has 1 atom stereocenters. The first-order valence-electron chi connectivity index (χ1n) is 9.29. The average Bonchev–Trinajstić information content (AvgIpc) is 2.70. The lowest BCUT2D eigenvalue weighted by molar-refractivity contribution is 0.310. The van der Waals surface area contributed by atoms with E-state index in [0.29, 0.717) is 18.0 Å². The first-order valence-corrected chi connectivity index (χ1v) is 11.1. The third-order valence-electron chi connectivity index (χ3n) is 4.80. The highest BCUT2D eigenvalue weighted by molar-refractivity contribution is 7.89. The van der Waals surface area contributed by atoms with E-state index >= 15 is 0 Å². The summed E-state index contributed by atoms with van der Waals surface area (Å²) in [5, 5.41) is 0.513. The van der Waals surface area contributed by atoms with Gasteiger partial charge in [-0.25, -0.2) is 8.42 Å². The first-order chi connectivity index (χ1) is 13.4. The van der Waals surface area contributed by atoms with Crippen LogP contribution in [0.3, 0.4) is 0 Å². The summed E-state index contributed by atoms with van der Waals surface area (Å²) in [5.74, 6) is 0. The van der Waals surface area contributed by atoms with E-state index in [2.05, 4.69) is 0 Å². The lowest BCUT2D eigenvalue weighted by Gasteiger charge is -2.31. The van der Waals surface area contributed by atoms with E-state index in [1.165, 1.54) is 0 Å². The van der Waals surface area contributed by atoms with Gasteiger partial charge in [-0.15, -0.1) is 0 Å². The zero-order valence-electron chi connectivity index (χ0n) is 16.0. The second kappa shape index (κ2) is 8.91. The molecule has 0 saturated heterocycles. The molecule has 28 heavy (non-hydrogen) atoms. The zero-order chi connectivity index (χ0) is 20.1. The molecule has 0 aliphatic rings. The Morgan fingerprint density at radius 3 is 2.07 bits per heavy atom. The van der Waals surface area contributed by atoms with E-state index in [-0.39, 0.29) is 10.9 Å². The molecule has 0 spiro atoms. The molecule has 0 N–H and O–H groups in total. The summed E-state index contributed by atoms with van der Waals surface area (Å²) < 4.78 is 28.7. The second-order valence-electron chi connectivity index (χ2n) is 6.82. The molecule has 3 nitrogen and oxygen atoms in total. The second-order valence-corrected chi connectivity index (χ2v) is 9.15. The molecule has 0 radical (unpaired) electrons. The maximum absolute atomic E-state index is 13.6. The van der Waals surface area contributed by atoms with Crippen LogP contribution in [0, 0.1) is 6.92 Å². The van der Waals surface area contributed by atoms with Crippen molar-refractivity contribution in [3.05, 3.63) is 101 Å². The SMILES string of the molecule is CCC(c1ccccc1)N(Cc1ccc(C)cc1)S(=O)(=O)c1ccc(Cl)cc1. The largest absolute Gasteiger partial charge is 0.243 e. The van der Waals surface area contributed by atoms with Gasteiger partial charge in [0.2, 0.25) is 10.0 Å². The highest BCUT2D eigenvalue weighted by Gasteiger charge is 2.31. The summed E-state index contributed by atoms with van der Waals surface area (Å²) >= 11 is 5.96. The van der Waals surface area contributed by atoms with Crippen molar-refractivity contribution < 1.29 is 8.42 Å². The zero-order valence-corrected chi connectivity index (χ0v) is 17.6. The van der Waals surface area contributed by atoms with Crippen molar-refractivity contribution in [2.24, 2.45) is 0 Å². The van der Waals surface area contributed by atoms with Crippen LogP contribution in [0.5, 0.6) is 0 Å². The quantitative estimate of drug-likeness (QED) is 0.477. The van der Waals surface area contributed by atoms with Crippen LogP contribution < -0.4 is 0 Å². The molecule has 1 unspecified atom stereocenters. The summed E-state index contributed by atoms with van der Waals surface area (Å²) in [7, 11) is -3.71. The van der Waals surface area contributed by atoms with Crippen LogP contribution in [0.15, 0.2) is 83.8 Å². The predicted octanol–water partition coefficient (Wildman–Crippen LogP) is 5.99. The Kier molecular flexibility index (Phi) is 6.55. The van der Waals surface area contributed by atoms with Crippen LogP contribution >= 0.6 is 11.6 Å². The van der Waals surface area contributed by atoms with Gasteiger partial charge in [-0.1, -0.05) is 78.7 Å². The molecular weight excluding hydrogens is 390 g/mol. The molecule has 3 rings (SSSR count). The van der Waals surface area contributed by atoms with Crippen LogP contribution in [-0.4, -0.2) is 12.7 Å². The Morgan fingerprint density at radius 2 is 1.50 bits per heavy atom. The average molecular weight is 414 g/mol. The number of hydrogen-bond acceptors (Lipinski definition) is 2. The Morgan fingerprint density at radius 1 is 0.893 bits per heavy atom. The van der Waals surface area contributed by atoms with Crippen molar-refractivity contribution in [2.45, 2.75) is 37.8 Å². The Bertz CT molecular complexity index is 1000. The summed E-state index contributed by atoms with van der Waals surface area (Å²) in [5.41, 5.74) is 3.08. The van der Waals surface area contributed by atoms with Crippen molar-refractivity contribution in [1.29, 1.82) is 0 Å². The van der Waals surface area contributed by atoms with Crippen molar-refractivity contribution in [3.8, 4) is 0 Å². The minimum Gasteiger partial charge on any atom is -0.207 e. The predicted molar refractivity (Wildman–Crippen MR) is 115 cm³/mol. The standard InChI is InChI=1S/C23H24ClNO2S/c1-3-23(20-7-5-4-6-8-20)25(17-19-11-9-18(2)10-12-19)28(26,27)22-15-13-21(24)14-16-22/h4-16,23H,3,17H2,1-2H3. The minimum absolute atomic E-state index is 0.249. The van der Waals surface area contributed by atoms with Crippen molar-refractivity contribution in [2.75, 3.05) is 0 Å². The molecular formula is C23H24ClNO2S. The number of halogens is 1. The van der Waals surface area contributed by atoms with Crippen LogP contribution in [0.25, 0.3) is 0 Å². The van der Waals surface area contributed by atoms with Gasteiger partial charge in [0.15, 0.2) is 0 Å². The molecule has 0 fully saturated rings. The number of nitrogens with zero attached hydrogens (tertiary/aromatic N) is 1. The lowest BCUT2D eigenvalue weighted by Crippen LogP contribution is -2.34. The number of hydrogen-bond donors (Lipinski definition) is 0. The van der Waals surface area contributed by atoms with Gasteiger partial charge in [0, 0.05) is 11.6 Å². The molecule has 0 saturated carbocycles. The maximum Gasteiger partial charge on any atom is 0.243 e. The summed E-state index contributed by atoms with van der Waals surface area (Å²) in [6.07, 6.45) is 0.669. The summed E-state index contributed by atoms with van der Waals surface area (Å²) in [6, 6.07) is 23.9. The number of sulfonamides is 1. The molecule has 146 valence electrons. The molecule has 5 heteroatoms. The van der Waals surface area contributed by atoms with E-state index in [4.69, 9.17) is 11.6 Å². The highest BCUT2D eigenvalue weighted by atomic mass is 35.5. The Balaban J connectivity index is 2.07. The Hall–Kier alpha value is -2.14. The van der Waals surface area contributed by atoms with Crippen LogP contribution in [-0.2, 0) is 16.6 Å². The van der Waals surface area contributed by atoms with Crippen molar-refractivity contribution in [3.63, 3.8) is 0 Å². The van der Waals surface area contributed by atoms with Crippen molar-refractivity contribution in [1.82, 2.24) is 4.31 Å². The van der Waals surface area contributed by atoms with E-state index < -0.39 is 10.0 Å².